The minimum Gasteiger partial charge on any atom is -0.395 e. The molecule has 1 saturated heterocycles. The summed E-state index contributed by atoms with van der Waals surface area (Å²) < 4.78 is 11.5. The maximum Gasteiger partial charge on any atom is 0.249 e. The number of ether oxygens (including phenoxy) is 2. The van der Waals surface area contributed by atoms with Crippen LogP contribution in [0.2, 0.25) is 0 Å². The van der Waals surface area contributed by atoms with Crippen LogP contribution in [0.3, 0.4) is 0 Å². The summed E-state index contributed by atoms with van der Waals surface area (Å²) in [5.41, 5.74) is 11.5. The molecule has 0 aromatic rings. The van der Waals surface area contributed by atoms with Gasteiger partial charge in [0.25, 0.3) is 0 Å². The van der Waals surface area contributed by atoms with E-state index in [1.165, 1.54) is 0 Å². The summed E-state index contributed by atoms with van der Waals surface area (Å²) in [5.74, 6) is -0.560. The van der Waals surface area contributed by atoms with Crippen LogP contribution >= 0.6 is 0 Å². The Labute approximate surface area is 175 Å². The van der Waals surface area contributed by atoms with Crippen LogP contribution < -0.4 is 22.1 Å². The predicted molar refractivity (Wildman–Crippen MR) is 105 cm³/mol. The molecule has 6 unspecified atom stereocenters. The van der Waals surface area contributed by atoms with Crippen molar-refractivity contribution < 1.29 is 39.8 Å². The lowest BCUT2D eigenvalue weighted by molar-refractivity contribution is -0.276. The van der Waals surface area contributed by atoms with Crippen molar-refractivity contribution in [1.29, 1.82) is 0 Å². The first-order valence-corrected chi connectivity index (χ1v) is 10.4. The first kappa shape index (κ1) is 25.3. The Bertz CT molecular complexity index is 518. The van der Waals surface area contributed by atoms with Crippen LogP contribution in [-0.2, 0) is 14.3 Å². The average molecular weight is 437 g/mol. The molecule has 1 aliphatic heterocycles. The zero-order valence-electron chi connectivity index (χ0n) is 17.0. The smallest absolute Gasteiger partial charge is 0.249 e. The molecular weight excluding hydrogens is 400 g/mol. The summed E-state index contributed by atoms with van der Waals surface area (Å²) in [6.45, 7) is 0.621. The van der Waals surface area contributed by atoms with Gasteiger partial charge in [-0.15, -0.1) is 0 Å². The van der Waals surface area contributed by atoms with Crippen LogP contribution in [0.15, 0.2) is 0 Å². The summed E-state index contributed by atoms with van der Waals surface area (Å²) in [7, 11) is 0. The Kier molecular flexibility index (Phi) is 10.3. The third-order valence-electron chi connectivity index (χ3n) is 5.45. The van der Waals surface area contributed by atoms with E-state index < -0.39 is 60.9 Å². The molecule has 0 aromatic carbocycles. The maximum absolute atomic E-state index is 12.0. The SMILES string of the molecule is NCCC(O)C(=O)NC1CC(N)[C@@H](O[C@@H]2CC(O)[C@H](O)C(CNCCO)O2)C(O)C1. The molecule has 2 fully saturated rings. The number of hydrogen-bond donors (Lipinski definition) is 9. The summed E-state index contributed by atoms with van der Waals surface area (Å²) in [4.78, 5) is 12.0. The van der Waals surface area contributed by atoms with Gasteiger partial charge in [-0.25, -0.2) is 0 Å². The second-order valence-corrected chi connectivity index (χ2v) is 7.93. The van der Waals surface area contributed by atoms with Crippen molar-refractivity contribution in [3.63, 3.8) is 0 Å². The number of amides is 1. The minimum absolute atomic E-state index is 0.0129. The Morgan fingerprint density at radius 3 is 2.57 bits per heavy atom. The van der Waals surface area contributed by atoms with Gasteiger partial charge in [-0.2, -0.15) is 0 Å². The first-order chi connectivity index (χ1) is 14.3. The summed E-state index contributed by atoms with van der Waals surface area (Å²) in [6.07, 6.45) is -6.16. The van der Waals surface area contributed by atoms with Gasteiger partial charge < -0.3 is 57.1 Å². The second-order valence-electron chi connectivity index (χ2n) is 7.93. The van der Waals surface area contributed by atoms with Crippen LogP contribution in [-0.4, -0.2) is 113 Å². The number of rotatable bonds is 10. The monoisotopic (exact) mass is 436 g/mol. The number of carbonyl (C=O) groups is 1. The molecule has 0 spiro atoms. The highest BCUT2D eigenvalue weighted by atomic mass is 16.7. The van der Waals surface area contributed by atoms with Gasteiger partial charge in [0, 0.05) is 31.6 Å². The number of carbonyl (C=O) groups excluding carboxylic acids is 1. The van der Waals surface area contributed by atoms with E-state index in [9.17, 15) is 25.2 Å². The van der Waals surface area contributed by atoms with E-state index in [1.807, 2.05) is 0 Å². The quantitative estimate of drug-likeness (QED) is 0.149. The lowest BCUT2D eigenvalue weighted by atomic mass is 9.86. The molecule has 1 heterocycles. The fourth-order valence-corrected chi connectivity index (χ4v) is 3.84. The second kappa shape index (κ2) is 12.2. The van der Waals surface area contributed by atoms with E-state index in [-0.39, 0.29) is 39.0 Å². The molecule has 11 N–H and O–H groups in total. The maximum atomic E-state index is 12.0. The third kappa shape index (κ3) is 7.05. The number of aliphatic hydroxyl groups excluding tert-OH is 5. The van der Waals surface area contributed by atoms with Crippen LogP contribution in [0.5, 0.6) is 0 Å². The molecule has 176 valence electrons. The van der Waals surface area contributed by atoms with Crippen molar-refractivity contribution in [2.75, 3.05) is 26.2 Å². The molecular formula is C18H36N4O8. The normalized spacial score (nSPS) is 38.2. The molecule has 1 amide bonds. The Hall–Kier alpha value is -0.930. The first-order valence-electron chi connectivity index (χ1n) is 10.4. The number of hydrogen-bond acceptors (Lipinski definition) is 11. The van der Waals surface area contributed by atoms with Gasteiger partial charge >= 0.3 is 0 Å². The molecule has 9 atom stereocenters. The fraction of sp³-hybridized carbons (Fsp3) is 0.944. The predicted octanol–water partition coefficient (Wildman–Crippen LogP) is -4.53. The standard InChI is InChI=1S/C18H36N4O8/c19-2-1-11(24)18(28)22-9-5-10(20)17(13(26)6-9)30-15-7-12(25)16(27)14(29-15)8-21-3-4-23/h9-17,21,23-27H,1-8,19-20H2,(H,22,28)/t9?,10?,11?,12?,13?,14?,15-,16+,17-/m1/s1. The lowest BCUT2D eigenvalue weighted by Gasteiger charge is -2.43. The molecule has 30 heavy (non-hydrogen) atoms. The van der Waals surface area contributed by atoms with Crippen molar-refractivity contribution in [2.45, 2.75) is 80.7 Å². The van der Waals surface area contributed by atoms with Crippen LogP contribution in [0.1, 0.15) is 25.7 Å². The highest BCUT2D eigenvalue weighted by molar-refractivity contribution is 5.80. The van der Waals surface area contributed by atoms with Gasteiger partial charge in [0.05, 0.1) is 18.8 Å². The van der Waals surface area contributed by atoms with Crippen molar-refractivity contribution in [3.05, 3.63) is 0 Å². The van der Waals surface area contributed by atoms with Gasteiger partial charge in [-0.05, 0) is 25.8 Å². The van der Waals surface area contributed by atoms with E-state index in [1.54, 1.807) is 0 Å². The summed E-state index contributed by atoms with van der Waals surface area (Å²) >= 11 is 0. The van der Waals surface area contributed by atoms with E-state index in [0.29, 0.717) is 13.0 Å². The van der Waals surface area contributed by atoms with Gasteiger partial charge in [0.2, 0.25) is 5.91 Å². The zero-order chi connectivity index (χ0) is 22.3. The lowest BCUT2D eigenvalue weighted by Crippen LogP contribution is -2.59. The fourth-order valence-electron chi connectivity index (χ4n) is 3.84. The summed E-state index contributed by atoms with van der Waals surface area (Å²) in [5, 5.41) is 54.8. The molecule has 1 saturated carbocycles. The molecule has 2 aliphatic rings. The third-order valence-corrected chi connectivity index (χ3v) is 5.45. The Morgan fingerprint density at radius 2 is 1.93 bits per heavy atom. The van der Waals surface area contributed by atoms with Crippen molar-refractivity contribution in [1.82, 2.24) is 10.6 Å². The van der Waals surface area contributed by atoms with Crippen LogP contribution in [0, 0.1) is 0 Å². The molecule has 0 aromatic heterocycles. The highest BCUT2D eigenvalue weighted by Gasteiger charge is 2.42. The van der Waals surface area contributed by atoms with Crippen LogP contribution in [0.4, 0.5) is 0 Å². The largest absolute Gasteiger partial charge is 0.395 e. The molecule has 0 radical (unpaired) electrons. The topological polar surface area (TPSA) is 213 Å². The van der Waals surface area contributed by atoms with Gasteiger partial charge in [0.1, 0.15) is 24.4 Å². The van der Waals surface area contributed by atoms with Gasteiger partial charge in [-0.3, -0.25) is 4.79 Å². The van der Waals surface area contributed by atoms with E-state index in [2.05, 4.69) is 10.6 Å². The Balaban J connectivity index is 1.88. The zero-order valence-corrected chi connectivity index (χ0v) is 17.0. The van der Waals surface area contributed by atoms with Crippen molar-refractivity contribution >= 4 is 5.91 Å². The number of nitrogens with two attached hydrogens (primary N) is 2. The van der Waals surface area contributed by atoms with E-state index in [4.69, 9.17) is 26.0 Å². The van der Waals surface area contributed by atoms with Crippen molar-refractivity contribution in [2.24, 2.45) is 11.5 Å². The average Bonchev–Trinajstić information content (AvgIpc) is 2.68. The molecule has 12 nitrogen and oxygen atoms in total. The van der Waals surface area contributed by atoms with Crippen LogP contribution in [0.25, 0.3) is 0 Å². The van der Waals surface area contributed by atoms with Gasteiger partial charge in [-0.1, -0.05) is 0 Å². The number of aliphatic hydroxyl groups is 5. The minimum atomic E-state index is -1.21. The molecule has 2 rings (SSSR count). The molecule has 12 heteroatoms. The van der Waals surface area contributed by atoms with Crippen molar-refractivity contribution in [3.8, 4) is 0 Å². The van der Waals surface area contributed by atoms with E-state index in [0.717, 1.165) is 0 Å². The molecule has 1 aliphatic carbocycles. The number of nitrogens with one attached hydrogen (secondary N) is 2. The highest BCUT2D eigenvalue weighted by Crippen LogP contribution is 2.27. The van der Waals surface area contributed by atoms with E-state index >= 15 is 0 Å². The summed E-state index contributed by atoms with van der Waals surface area (Å²) in [6, 6.07) is -1.05. The van der Waals surface area contributed by atoms with Gasteiger partial charge in [0.15, 0.2) is 6.29 Å². The molecule has 0 bridgehead atoms. The Morgan fingerprint density at radius 1 is 1.20 bits per heavy atom.